The Hall–Kier alpha value is -3.05. The molecule has 0 aliphatic carbocycles. The highest BCUT2D eigenvalue weighted by Gasteiger charge is 2.34. The monoisotopic (exact) mass is 416 g/mol. The van der Waals surface area contributed by atoms with Crippen LogP contribution in [0.1, 0.15) is 39.3 Å². The van der Waals surface area contributed by atoms with E-state index in [1.807, 2.05) is 84.6 Å². The number of rotatable bonds is 5. The number of hydrogen-bond donors (Lipinski definition) is 1. The minimum Gasteiger partial charge on any atom is -0.322 e. The van der Waals surface area contributed by atoms with E-state index >= 15 is 0 Å². The summed E-state index contributed by atoms with van der Waals surface area (Å²) in [5.41, 5.74) is 5.60. The van der Waals surface area contributed by atoms with Gasteiger partial charge in [0.15, 0.2) is 0 Å². The Morgan fingerprint density at radius 2 is 1.80 bits per heavy atom. The van der Waals surface area contributed by atoms with Gasteiger partial charge >= 0.3 is 0 Å². The van der Waals surface area contributed by atoms with Crippen LogP contribution >= 0.6 is 11.8 Å². The topological polar surface area (TPSA) is 49.4 Å². The molecular formula is C25H24N2O2S. The SMILES string of the molecule is CCc1ccc(C(=O)Nc2cccc(C3SCC(=O)N3c3ccc(C)cc3)c2)cc1. The molecule has 1 N–H and O–H groups in total. The zero-order chi connectivity index (χ0) is 21.1. The lowest BCUT2D eigenvalue weighted by Crippen LogP contribution is -2.27. The maximum atomic E-state index is 12.6. The van der Waals surface area contributed by atoms with Gasteiger partial charge in [0.25, 0.3) is 5.91 Å². The first kappa shape index (κ1) is 20.2. The van der Waals surface area contributed by atoms with E-state index < -0.39 is 0 Å². The largest absolute Gasteiger partial charge is 0.322 e. The molecule has 0 bridgehead atoms. The van der Waals surface area contributed by atoms with Crippen molar-refractivity contribution in [3.63, 3.8) is 0 Å². The van der Waals surface area contributed by atoms with Gasteiger partial charge in [-0.1, -0.05) is 48.9 Å². The molecule has 1 aliphatic heterocycles. The second-order valence-corrected chi connectivity index (χ2v) is 8.46. The summed E-state index contributed by atoms with van der Waals surface area (Å²) in [5, 5.41) is 2.87. The van der Waals surface area contributed by atoms with Crippen molar-refractivity contribution in [2.75, 3.05) is 16.0 Å². The van der Waals surface area contributed by atoms with Crippen LogP contribution in [0.4, 0.5) is 11.4 Å². The van der Waals surface area contributed by atoms with E-state index in [1.165, 1.54) is 5.56 Å². The molecule has 1 saturated heterocycles. The summed E-state index contributed by atoms with van der Waals surface area (Å²) < 4.78 is 0. The number of carbonyl (C=O) groups is 2. The summed E-state index contributed by atoms with van der Waals surface area (Å²) >= 11 is 1.60. The highest BCUT2D eigenvalue weighted by molar-refractivity contribution is 8.00. The number of nitrogens with zero attached hydrogens (tertiary/aromatic N) is 1. The lowest BCUT2D eigenvalue weighted by Gasteiger charge is -2.25. The van der Waals surface area contributed by atoms with E-state index in [2.05, 4.69) is 12.2 Å². The average Bonchev–Trinajstić information content (AvgIpc) is 3.16. The standard InChI is InChI=1S/C25H24N2O2S/c1-3-18-9-11-19(12-10-18)24(29)26-21-6-4-5-20(15-21)25-27(23(28)16-30-25)22-13-7-17(2)8-14-22/h4-15,25H,3,16H2,1-2H3,(H,26,29). The quantitative estimate of drug-likeness (QED) is 0.590. The minimum atomic E-state index is -0.139. The van der Waals surface area contributed by atoms with Crippen molar-refractivity contribution in [3.8, 4) is 0 Å². The Bertz CT molecular complexity index is 1060. The molecule has 4 nitrogen and oxygen atoms in total. The van der Waals surface area contributed by atoms with Gasteiger partial charge in [0.1, 0.15) is 5.37 Å². The van der Waals surface area contributed by atoms with Crippen LogP contribution in [0.3, 0.4) is 0 Å². The third-order valence-corrected chi connectivity index (χ3v) is 6.45. The van der Waals surface area contributed by atoms with Crippen LogP contribution in [0.25, 0.3) is 0 Å². The van der Waals surface area contributed by atoms with Crippen molar-refractivity contribution in [3.05, 3.63) is 95.1 Å². The number of aryl methyl sites for hydroxylation is 2. The summed E-state index contributed by atoms with van der Waals surface area (Å²) in [6.07, 6.45) is 0.944. The number of thioether (sulfide) groups is 1. The van der Waals surface area contributed by atoms with Gasteiger partial charge in [0.2, 0.25) is 5.91 Å². The fraction of sp³-hybridized carbons (Fsp3) is 0.200. The molecule has 2 amide bonds. The van der Waals surface area contributed by atoms with E-state index in [-0.39, 0.29) is 17.2 Å². The number of benzene rings is 3. The van der Waals surface area contributed by atoms with E-state index in [0.29, 0.717) is 11.3 Å². The third-order valence-electron chi connectivity index (χ3n) is 5.23. The summed E-state index contributed by atoms with van der Waals surface area (Å²) in [5.74, 6) is 0.401. The zero-order valence-corrected chi connectivity index (χ0v) is 17.9. The molecule has 0 radical (unpaired) electrons. The third kappa shape index (κ3) is 4.26. The van der Waals surface area contributed by atoms with E-state index in [1.54, 1.807) is 11.8 Å². The smallest absolute Gasteiger partial charge is 0.255 e. The first-order valence-corrected chi connectivity index (χ1v) is 11.1. The molecule has 1 unspecified atom stereocenters. The predicted molar refractivity (Wildman–Crippen MR) is 124 cm³/mol. The van der Waals surface area contributed by atoms with Crippen molar-refractivity contribution >= 4 is 35.0 Å². The van der Waals surface area contributed by atoms with Crippen molar-refractivity contribution in [1.82, 2.24) is 0 Å². The van der Waals surface area contributed by atoms with Crippen LogP contribution in [0.5, 0.6) is 0 Å². The Kier molecular flexibility index (Phi) is 5.91. The molecule has 0 aromatic heterocycles. The van der Waals surface area contributed by atoms with E-state index in [4.69, 9.17) is 0 Å². The van der Waals surface area contributed by atoms with Crippen LogP contribution in [0, 0.1) is 6.92 Å². The first-order valence-electron chi connectivity index (χ1n) is 10.1. The summed E-state index contributed by atoms with van der Waals surface area (Å²) in [6.45, 7) is 4.12. The van der Waals surface area contributed by atoms with Crippen molar-refractivity contribution < 1.29 is 9.59 Å². The molecule has 4 rings (SSSR count). The average molecular weight is 417 g/mol. The molecule has 3 aromatic carbocycles. The second-order valence-electron chi connectivity index (χ2n) is 7.39. The first-order chi connectivity index (χ1) is 14.5. The van der Waals surface area contributed by atoms with Crippen LogP contribution in [0.2, 0.25) is 0 Å². The normalized spacial score (nSPS) is 16.0. The fourth-order valence-electron chi connectivity index (χ4n) is 3.52. The Morgan fingerprint density at radius 3 is 2.50 bits per heavy atom. The molecule has 152 valence electrons. The Morgan fingerprint density at radius 1 is 1.07 bits per heavy atom. The van der Waals surface area contributed by atoms with Gasteiger partial charge in [-0.15, -0.1) is 11.8 Å². The van der Waals surface area contributed by atoms with Gasteiger partial charge in [-0.05, 0) is 60.9 Å². The van der Waals surface area contributed by atoms with Gasteiger partial charge in [0, 0.05) is 16.9 Å². The predicted octanol–water partition coefficient (Wildman–Crippen LogP) is 5.59. The maximum Gasteiger partial charge on any atom is 0.255 e. The van der Waals surface area contributed by atoms with Crippen molar-refractivity contribution in [2.45, 2.75) is 25.6 Å². The van der Waals surface area contributed by atoms with Crippen LogP contribution < -0.4 is 10.2 Å². The number of anilines is 2. The van der Waals surface area contributed by atoms with Crippen molar-refractivity contribution in [1.29, 1.82) is 0 Å². The number of amides is 2. The fourth-order valence-corrected chi connectivity index (χ4v) is 4.69. The van der Waals surface area contributed by atoms with Crippen molar-refractivity contribution in [2.24, 2.45) is 0 Å². The number of carbonyl (C=O) groups excluding carboxylic acids is 2. The molecule has 1 heterocycles. The summed E-state index contributed by atoms with van der Waals surface area (Å²) in [6, 6.07) is 23.4. The summed E-state index contributed by atoms with van der Waals surface area (Å²) in [4.78, 5) is 27.1. The van der Waals surface area contributed by atoms with Crippen LogP contribution in [-0.4, -0.2) is 17.6 Å². The summed E-state index contributed by atoms with van der Waals surface area (Å²) in [7, 11) is 0. The maximum absolute atomic E-state index is 12.6. The van der Waals surface area contributed by atoms with Gasteiger partial charge < -0.3 is 5.32 Å². The van der Waals surface area contributed by atoms with Gasteiger partial charge in [-0.2, -0.15) is 0 Å². The van der Waals surface area contributed by atoms with E-state index in [9.17, 15) is 9.59 Å². The molecule has 0 saturated carbocycles. The highest BCUT2D eigenvalue weighted by Crippen LogP contribution is 2.42. The van der Waals surface area contributed by atoms with E-state index in [0.717, 1.165) is 28.9 Å². The van der Waals surface area contributed by atoms with Crippen LogP contribution in [0.15, 0.2) is 72.8 Å². The number of nitrogens with one attached hydrogen (secondary N) is 1. The highest BCUT2D eigenvalue weighted by atomic mass is 32.2. The molecule has 3 aromatic rings. The molecule has 30 heavy (non-hydrogen) atoms. The molecular weight excluding hydrogens is 392 g/mol. The van der Waals surface area contributed by atoms with Gasteiger partial charge in [0.05, 0.1) is 5.75 Å². The lowest BCUT2D eigenvalue weighted by atomic mass is 10.1. The molecule has 0 spiro atoms. The molecule has 5 heteroatoms. The molecule has 1 atom stereocenters. The Labute approximate surface area is 181 Å². The minimum absolute atomic E-state index is 0.0966. The van der Waals surface area contributed by atoms with Gasteiger partial charge in [-0.3, -0.25) is 14.5 Å². The molecule has 1 aliphatic rings. The van der Waals surface area contributed by atoms with Crippen LogP contribution in [-0.2, 0) is 11.2 Å². The second kappa shape index (κ2) is 8.76. The van der Waals surface area contributed by atoms with Gasteiger partial charge in [-0.25, -0.2) is 0 Å². The zero-order valence-electron chi connectivity index (χ0n) is 17.1. The Balaban J connectivity index is 1.55. The number of hydrogen-bond acceptors (Lipinski definition) is 3. The molecule has 1 fully saturated rings. The lowest BCUT2D eigenvalue weighted by molar-refractivity contribution is -0.115.